The molecule has 0 radical (unpaired) electrons. The molecule has 0 saturated heterocycles. The van der Waals surface area contributed by atoms with E-state index >= 15 is 0 Å². The van der Waals surface area contributed by atoms with Crippen molar-refractivity contribution in [1.82, 2.24) is 10.2 Å². The predicted octanol–water partition coefficient (Wildman–Crippen LogP) is 2.49. The minimum absolute atomic E-state index is 0.170. The molecule has 6 heteroatoms. The lowest BCUT2D eigenvalue weighted by Gasteiger charge is -2.00. The zero-order chi connectivity index (χ0) is 12.4. The lowest BCUT2D eigenvalue weighted by atomic mass is 10.1. The van der Waals surface area contributed by atoms with Gasteiger partial charge in [-0.2, -0.15) is 0 Å². The molecule has 0 bridgehead atoms. The van der Waals surface area contributed by atoms with Gasteiger partial charge in [0.05, 0.1) is 7.11 Å². The van der Waals surface area contributed by atoms with Crippen molar-refractivity contribution in [3.8, 4) is 11.5 Å². The van der Waals surface area contributed by atoms with Crippen LogP contribution < -0.4 is 0 Å². The van der Waals surface area contributed by atoms with E-state index in [0.717, 1.165) is 11.1 Å². The van der Waals surface area contributed by atoms with E-state index in [2.05, 4.69) is 14.9 Å². The Labute approximate surface area is 102 Å². The van der Waals surface area contributed by atoms with E-state index in [1.165, 1.54) is 7.11 Å². The number of hydrogen-bond acceptors (Lipinski definition) is 5. The third kappa shape index (κ3) is 2.29. The summed E-state index contributed by atoms with van der Waals surface area (Å²) < 4.78 is 9.68. The summed E-state index contributed by atoms with van der Waals surface area (Å²) in [5.41, 5.74) is 1.62. The Morgan fingerprint density at radius 1 is 1.41 bits per heavy atom. The van der Waals surface area contributed by atoms with Crippen molar-refractivity contribution in [3.05, 3.63) is 34.7 Å². The molecule has 0 amide bonds. The SMILES string of the molecule is COC(=O)c1nnc(-c2ccc(Cl)cc2C)o1. The standard InChI is InChI=1S/C11H9ClN2O3/c1-6-5-7(12)3-4-8(6)9-13-14-10(17-9)11(15)16-2/h3-5H,1-2H3. The monoisotopic (exact) mass is 252 g/mol. The summed E-state index contributed by atoms with van der Waals surface area (Å²) in [6.07, 6.45) is 0. The van der Waals surface area contributed by atoms with Crippen LogP contribution >= 0.6 is 11.6 Å². The molecule has 0 aliphatic heterocycles. The first-order valence-corrected chi connectivity index (χ1v) is 5.18. The van der Waals surface area contributed by atoms with Gasteiger partial charge in [-0.1, -0.05) is 11.6 Å². The number of aromatic nitrogens is 2. The van der Waals surface area contributed by atoms with Gasteiger partial charge in [-0.05, 0) is 30.7 Å². The van der Waals surface area contributed by atoms with Gasteiger partial charge in [0.1, 0.15) is 0 Å². The van der Waals surface area contributed by atoms with Crippen LogP contribution in [0.1, 0.15) is 16.2 Å². The Morgan fingerprint density at radius 3 is 2.82 bits per heavy atom. The molecule has 2 rings (SSSR count). The second kappa shape index (κ2) is 4.55. The fourth-order valence-electron chi connectivity index (χ4n) is 1.37. The summed E-state index contributed by atoms with van der Waals surface area (Å²) in [5.74, 6) is -0.563. The van der Waals surface area contributed by atoms with Crippen molar-refractivity contribution in [2.24, 2.45) is 0 Å². The van der Waals surface area contributed by atoms with Crippen LogP contribution in [-0.4, -0.2) is 23.3 Å². The van der Waals surface area contributed by atoms with E-state index in [0.29, 0.717) is 5.02 Å². The number of halogens is 1. The average molecular weight is 253 g/mol. The number of methoxy groups -OCH3 is 1. The van der Waals surface area contributed by atoms with Gasteiger partial charge in [-0.25, -0.2) is 4.79 Å². The number of esters is 1. The fraction of sp³-hybridized carbons (Fsp3) is 0.182. The van der Waals surface area contributed by atoms with Crippen LogP contribution in [0, 0.1) is 6.92 Å². The van der Waals surface area contributed by atoms with Crippen molar-refractivity contribution in [2.75, 3.05) is 7.11 Å². The Balaban J connectivity index is 2.40. The molecule has 1 heterocycles. The van der Waals surface area contributed by atoms with Crippen molar-refractivity contribution in [1.29, 1.82) is 0 Å². The summed E-state index contributed by atoms with van der Waals surface area (Å²) in [4.78, 5) is 11.2. The van der Waals surface area contributed by atoms with E-state index in [1.807, 2.05) is 6.92 Å². The minimum Gasteiger partial charge on any atom is -0.462 e. The summed E-state index contributed by atoms with van der Waals surface area (Å²) in [6.45, 7) is 1.86. The molecule has 0 atom stereocenters. The first-order chi connectivity index (χ1) is 8.11. The van der Waals surface area contributed by atoms with E-state index in [9.17, 15) is 4.79 Å². The highest BCUT2D eigenvalue weighted by molar-refractivity contribution is 6.30. The Hall–Kier alpha value is -1.88. The Bertz CT molecular complexity index is 566. The minimum atomic E-state index is -0.657. The lowest BCUT2D eigenvalue weighted by molar-refractivity contribution is 0.0556. The summed E-state index contributed by atoms with van der Waals surface area (Å²) in [6, 6.07) is 5.25. The van der Waals surface area contributed by atoms with Gasteiger partial charge in [0.15, 0.2) is 0 Å². The molecule has 0 N–H and O–H groups in total. The van der Waals surface area contributed by atoms with Gasteiger partial charge in [-0.3, -0.25) is 0 Å². The molecule has 0 fully saturated rings. The smallest absolute Gasteiger partial charge is 0.396 e. The van der Waals surface area contributed by atoms with Gasteiger partial charge >= 0.3 is 11.9 Å². The molecule has 0 aliphatic rings. The maximum Gasteiger partial charge on any atom is 0.396 e. The number of ether oxygens (including phenoxy) is 1. The fourth-order valence-corrected chi connectivity index (χ4v) is 1.60. The maximum atomic E-state index is 11.2. The molecule has 0 aliphatic carbocycles. The highest BCUT2D eigenvalue weighted by Crippen LogP contribution is 2.24. The number of carbonyl (C=O) groups excluding carboxylic acids is 1. The molecule has 17 heavy (non-hydrogen) atoms. The lowest BCUT2D eigenvalue weighted by Crippen LogP contribution is -2.00. The van der Waals surface area contributed by atoms with Crippen LogP contribution in [0.5, 0.6) is 0 Å². The Kier molecular flexibility index (Phi) is 3.10. The van der Waals surface area contributed by atoms with Crippen LogP contribution in [0.2, 0.25) is 5.02 Å². The number of hydrogen-bond donors (Lipinski definition) is 0. The van der Waals surface area contributed by atoms with Gasteiger partial charge in [0, 0.05) is 10.6 Å². The van der Waals surface area contributed by atoms with Crippen molar-refractivity contribution < 1.29 is 13.9 Å². The number of benzene rings is 1. The average Bonchev–Trinajstić information content (AvgIpc) is 2.77. The van der Waals surface area contributed by atoms with Crippen LogP contribution in [0.15, 0.2) is 22.6 Å². The highest BCUT2D eigenvalue weighted by atomic mass is 35.5. The van der Waals surface area contributed by atoms with Gasteiger partial charge < -0.3 is 9.15 Å². The van der Waals surface area contributed by atoms with E-state index in [4.69, 9.17) is 16.0 Å². The van der Waals surface area contributed by atoms with Crippen molar-refractivity contribution in [3.63, 3.8) is 0 Å². The van der Waals surface area contributed by atoms with Crippen molar-refractivity contribution >= 4 is 17.6 Å². The largest absolute Gasteiger partial charge is 0.462 e. The molecular weight excluding hydrogens is 244 g/mol. The molecule has 2 aromatic rings. The molecule has 0 spiro atoms. The molecule has 88 valence electrons. The maximum absolute atomic E-state index is 11.2. The predicted molar refractivity (Wildman–Crippen MR) is 60.8 cm³/mol. The van der Waals surface area contributed by atoms with Crippen LogP contribution in [-0.2, 0) is 4.74 Å². The third-order valence-corrected chi connectivity index (χ3v) is 2.44. The summed E-state index contributed by atoms with van der Waals surface area (Å²) in [5, 5.41) is 8.01. The van der Waals surface area contributed by atoms with E-state index in [1.54, 1.807) is 18.2 Å². The molecule has 0 saturated carbocycles. The number of rotatable bonds is 2. The summed E-state index contributed by atoms with van der Waals surface area (Å²) >= 11 is 5.84. The first-order valence-electron chi connectivity index (χ1n) is 4.80. The normalized spacial score (nSPS) is 10.3. The van der Waals surface area contributed by atoms with Gasteiger partial charge in [-0.15, -0.1) is 10.2 Å². The van der Waals surface area contributed by atoms with Gasteiger partial charge in [0.2, 0.25) is 5.89 Å². The third-order valence-electron chi connectivity index (χ3n) is 2.20. The topological polar surface area (TPSA) is 65.2 Å². The molecule has 5 nitrogen and oxygen atoms in total. The molecule has 0 unspecified atom stereocenters. The second-order valence-corrected chi connectivity index (χ2v) is 3.80. The van der Waals surface area contributed by atoms with Crippen LogP contribution in [0.4, 0.5) is 0 Å². The van der Waals surface area contributed by atoms with Gasteiger partial charge in [0.25, 0.3) is 0 Å². The molecule has 1 aromatic carbocycles. The quantitative estimate of drug-likeness (QED) is 0.768. The Morgan fingerprint density at radius 2 is 2.18 bits per heavy atom. The zero-order valence-corrected chi connectivity index (χ0v) is 9.99. The first kappa shape index (κ1) is 11.6. The number of carbonyl (C=O) groups is 1. The number of aryl methyl sites for hydroxylation is 1. The molecular formula is C11H9ClN2O3. The number of nitrogens with zero attached hydrogens (tertiary/aromatic N) is 2. The zero-order valence-electron chi connectivity index (χ0n) is 9.23. The van der Waals surface area contributed by atoms with E-state index < -0.39 is 5.97 Å². The van der Waals surface area contributed by atoms with Crippen LogP contribution in [0.3, 0.4) is 0 Å². The second-order valence-electron chi connectivity index (χ2n) is 3.36. The van der Waals surface area contributed by atoms with Crippen molar-refractivity contribution in [2.45, 2.75) is 6.92 Å². The van der Waals surface area contributed by atoms with Crippen LogP contribution in [0.25, 0.3) is 11.5 Å². The van der Waals surface area contributed by atoms with E-state index in [-0.39, 0.29) is 11.8 Å². The summed E-state index contributed by atoms with van der Waals surface area (Å²) in [7, 11) is 1.25. The highest BCUT2D eigenvalue weighted by Gasteiger charge is 2.17. The molecule has 1 aromatic heterocycles.